The number of rotatable bonds is 6. The van der Waals surface area contributed by atoms with Crippen LogP contribution in [0.3, 0.4) is 0 Å². The first kappa shape index (κ1) is 19.1. The molecule has 2 fully saturated rings. The monoisotopic (exact) mass is 378 g/mol. The molecule has 1 aromatic carbocycles. The number of benzene rings is 1. The summed E-state index contributed by atoms with van der Waals surface area (Å²) in [4.78, 5) is 31.1. The van der Waals surface area contributed by atoms with Gasteiger partial charge in [0, 0.05) is 50.7 Å². The van der Waals surface area contributed by atoms with Gasteiger partial charge in [-0.25, -0.2) is 0 Å². The molecule has 0 aliphatic carbocycles. The minimum Gasteiger partial charge on any atom is -0.352 e. The number of hydrogen-bond donors (Lipinski definition) is 1. The van der Waals surface area contributed by atoms with Crippen LogP contribution < -0.4 is 10.2 Å². The lowest BCUT2D eigenvalue weighted by atomic mass is 10.1. The van der Waals surface area contributed by atoms with Crippen LogP contribution in [0.5, 0.6) is 0 Å². The van der Waals surface area contributed by atoms with Crippen LogP contribution in [0.15, 0.2) is 18.2 Å². The smallest absolute Gasteiger partial charge is 0.253 e. The van der Waals surface area contributed by atoms with Gasteiger partial charge >= 0.3 is 0 Å². The van der Waals surface area contributed by atoms with Crippen molar-refractivity contribution in [2.24, 2.45) is 0 Å². The van der Waals surface area contributed by atoms with Gasteiger partial charge in [-0.3, -0.25) is 9.59 Å². The Morgan fingerprint density at radius 3 is 2.65 bits per heavy atom. The molecule has 2 aliphatic rings. The van der Waals surface area contributed by atoms with E-state index >= 15 is 0 Å². The van der Waals surface area contributed by atoms with E-state index in [1.54, 1.807) is 23.1 Å². The van der Waals surface area contributed by atoms with Gasteiger partial charge in [-0.05, 0) is 44.6 Å². The lowest BCUT2D eigenvalue weighted by Gasteiger charge is -2.32. The normalized spacial score (nSPS) is 19.2. The molecule has 0 aromatic heterocycles. The van der Waals surface area contributed by atoms with Gasteiger partial charge in [-0.15, -0.1) is 0 Å². The molecule has 1 N–H and O–H groups in total. The third-order valence-electron chi connectivity index (χ3n) is 5.10. The molecule has 2 aliphatic heterocycles. The predicted molar refractivity (Wildman–Crippen MR) is 104 cm³/mol. The average Bonchev–Trinajstić information content (AvgIpc) is 3.06. The van der Waals surface area contributed by atoms with E-state index in [9.17, 15) is 9.59 Å². The highest BCUT2D eigenvalue weighted by Gasteiger charge is 2.26. The average molecular weight is 379 g/mol. The predicted octanol–water partition coefficient (Wildman–Crippen LogP) is 1.83. The number of likely N-dealkylation sites (N-methyl/N-ethyl adjacent to an activating group) is 1. The third-order valence-corrected chi connectivity index (χ3v) is 5.34. The highest BCUT2D eigenvalue weighted by atomic mass is 35.5. The van der Waals surface area contributed by atoms with E-state index < -0.39 is 0 Å². The zero-order valence-electron chi connectivity index (χ0n) is 15.3. The third kappa shape index (κ3) is 4.75. The van der Waals surface area contributed by atoms with Crippen LogP contribution in [0.1, 0.15) is 29.6 Å². The Kier molecular flexibility index (Phi) is 6.51. The maximum absolute atomic E-state index is 12.6. The number of carbonyl (C=O) groups excluding carboxylic acids is 2. The van der Waals surface area contributed by atoms with Crippen LogP contribution in [-0.2, 0) is 4.79 Å². The molecular weight excluding hydrogens is 352 g/mol. The molecule has 0 radical (unpaired) electrons. The van der Waals surface area contributed by atoms with Crippen LogP contribution in [-0.4, -0.2) is 74.5 Å². The summed E-state index contributed by atoms with van der Waals surface area (Å²) in [7, 11) is 2.15. The van der Waals surface area contributed by atoms with E-state index in [0.29, 0.717) is 35.8 Å². The summed E-state index contributed by atoms with van der Waals surface area (Å²) in [5.74, 6) is -0.0915. The largest absolute Gasteiger partial charge is 0.352 e. The van der Waals surface area contributed by atoms with Gasteiger partial charge in [0.25, 0.3) is 5.91 Å². The van der Waals surface area contributed by atoms with Crippen molar-refractivity contribution in [1.29, 1.82) is 0 Å². The highest BCUT2D eigenvalue weighted by molar-refractivity contribution is 6.31. The fourth-order valence-electron chi connectivity index (χ4n) is 3.49. The molecule has 0 spiro atoms. The molecule has 2 heterocycles. The summed E-state index contributed by atoms with van der Waals surface area (Å²) in [5, 5.41) is 3.52. The second-order valence-electron chi connectivity index (χ2n) is 7.06. The van der Waals surface area contributed by atoms with Crippen LogP contribution >= 0.6 is 11.6 Å². The minimum atomic E-state index is -0.144. The molecule has 0 atom stereocenters. The number of hydrogen-bond acceptors (Lipinski definition) is 4. The highest BCUT2D eigenvalue weighted by Crippen LogP contribution is 2.28. The van der Waals surface area contributed by atoms with Crippen LogP contribution in [0.4, 0.5) is 5.69 Å². The second-order valence-corrected chi connectivity index (χ2v) is 7.50. The van der Waals surface area contributed by atoms with Gasteiger partial charge in [0.2, 0.25) is 5.91 Å². The van der Waals surface area contributed by atoms with Crippen molar-refractivity contribution in [3.05, 3.63) is 28.8 Å². The second kappa shape index (κ2) is 8.84. The fraction of sp³-hybridized carbons (Fsp3) is 0.579. The standard InChI is InChI=1S/C19H27ClN4O2/c1-22-10-12-23(13-11-22)8-3-7-21-19(26)16-6-5-15(20)14-17(16)24-9-2-4-18(24)25/h5-6,14H,2-4,7-13H2,1H3,(H,21,26). The van der Waals surface area contributed by atoms with Crippen molar-refractivity contribution in [3.63, 3.8) is 0 Å². The summed E-state index contributed by atoms with van der Waals surface area (Å²) in [6.45, 7) is 6.64. The summed E-state index contributed by atoms with van der Waals surface area (Å²) in [6, 6.07) is 5.12. The lowest BCUT2D eigenvalue weighted by molar-refractivity contribution is -0.117. The first-order valence-electron chi connectivity index (χ1n) is 9.33. The summed E-state index contributed by atoms with van der Waals surface area (Å²) < 4.78 is 0. The molecule has 0 bridgehead atoms. The van der Waals surface area contributed by atoms with Gasteiger partial charge in [0.1, 0.15) is 0 Å². The maximum Gasteiger partial charge on any atom is 0.253 e. The molecule has 6 nitrogen and oxygen atoms in total. The molecule has 0 unspecified atom stereocenters. The molecule has 1 aromatic rings. The zero-order chi connectivity index (χ0) is 18.5. The van der Waals surface area contributed by atoms with Crippen LogP contribution in [0.2, 0.25) is 5.02 Å². The Labute approximate surface area is 160 Å². The maximum atomic E-state index is 12.6. The lowest BCUT2D eigenvalue weighted by Crippen LogP contribution is -2.45. The van der Waals surface area contributed by atoms with Crippen molar-refractivity contribution >= 4 is 29.1 Å². The van der Waals surface area contributed by atoms with Gasteiger partial charge in [-0.1, -0.05) is 11.6 Å². The molecule has 142 valence electrons. The van der Waals surface area contributed by atoms with Gasteiger partial charge in [0.15, 0.2) is 0 Å². The Morgan fingerprint density at radius 1 is 1.19 bits per heavy atom. The molecule has 2 amide bonds. The van der Waals surface area contributed by atoms with E-state index in [1.165, 1.54) is 0 Å². The Morgan fingerprint density at radius 2 is 1.96 bits per heavy atom. The molecule has 0 saturated carbocycles. The Balaban J connectivity index is 1.54. The van der Waals surface area contributed by atoms with E-state index in [1.807, 2.05) is 0 Å². The van der Waals surface area contributed by atoms with Crippen molar-refractivity contribution in [2.45, 2.75) is 19.3 Å². The molecule has 2 saturated heterocycles. The fourth-order valence-corrected chi connectivity index (χ4v) is 3.66. The van der Waals surface area contributed by atoms with Crippen molar-refractivity contribution < 1.29 is 9.59 Å². The van der Waals surface area contributed by atoms with Gasteiger partial charge in [0.05, 0.1) is 11.3 Å². The first-order valence-corrected chi connectivity index (χ1v) is 9.71. The van der Waals surface area contributed by atoms with Gasteiger partial charge in [-0.2, -0.15) is 0 Å². The van der Waals surface area contributed by atoms with Gasteiger partial charge < -0.3 is 20.0 Å². The molecule has 3 rings (SSSR count). The number of anilines is 1. The molecule has 7 heteroatoms. The van der Waals surface area contributed by atoms with E-state index in [-0.39, 0.29) is 11.8 Å². The van der Waals surface area contributed by atoms with Crippen LogP contribution in [0.25, 0.3) is 0 Å². The topological polar surface area (TPSA) is 55.9 Å². The van der Waals surface area contributed by atoms with Crippen LogP contribution in [0, 0.1) is 0 Å². The number of nitrogens with one attached hydrogen (secondary N) is 1. The van der Waals surface area contributed by atoms with E-state index in [2.05, 4.69) is 22.2 Å². The quantitative estimate of drug-likeness (QED) is 0.767. The minimum absolute atomic E-state index is 0.0522. The Bertz CT molecular complexity index is 659. The first-order chi connectivity index (χ1) is 12.5. The summed E-state index contributed by atoms with van der Waals surface area (Å²) in [6.07, 6.45) is 2.26. The van der Waals surface area contributed by atoms with E-state index in [0.717, 1.165) is 45.6 Å². The summed E-state index contributed by atoms with van der Waals surface area (Å²) in [5.41, 5.74) is 1.14. The van der Waals surface area contributed by atoms with E-state index in [4.69, 9.17) is 11.6 Å². The number of halogens is 1. The number of carbonyl (C=O) groups is 2. The van der Waals surface area contributed by atoms with Crippen molar-refractivity contribution in [3.8, 4) is 0 Å². The Hall–Kier alpha value is -1.63. The number of nitrogens with zero attached hydrogens (tertiary/aromatic N) is 3. The zero-order valence-corrected chi connectivity index (χ0v) is 16.1. The SMILES string of the molecule is CN1CCN(CCCNC(=O)c2ccc(Cl)cc2N2CCCC2=O)CC1. The number of piperazine rings is 1. The molecular formula is C19H27ClN4O2. The van der Waals surface area contributed by atoms with Crippen molar-refractivity contribution in [1.82, 2.24) is 15.1 Å². The van der Waals surface area contributed by atoms with Crippen molar-refractivity contribution in [2.75, 3.05) is 57.8 Å². The summed E-state index contributed by atoms with van der Waals surface area (Å²) >= 11 is 6.09. The number of amides is 2. The molecule has 26 heavy (non-hydrogen) atoms.